The van der Waals surface area contributed by atoms with Crippen molar-refractivity contribution >= 4 is 11.0 Å². The Balaban J connectivity index is 1.85. The average molecular weight is 241 g/mol. The molecule has 3 heteroatoms. The number of aromatic nitrogens is 2. The number of fused-ring (bicyclic) bond motifs is 1. The predicted molar refractivity (Wildman–Crippen MR) is 72.4 cm³/mol. The lowest BCUT2D eigenvalue weighted by molar-refractivity contribution is 0.254. The van der Waals surface area contributed by atoms with Crippen molar-refractivity contribution < 1.29 is 0 Å². The molecule has 0 amide bonds. The maximum Gasteiger partial charge on any atom is 0.112 e. The first-order valence-corrected chi connectivity index (χ1v) is 6.93. The fourth-order valence-corrected chi connectivity index (χ4v) is 3.08. The number of imidazole rings is 1. The molecule has 1 aromatic heterocycles. The molecule has 2 aromatic rings. The van der Waals surface area contributed by atoms with Gasteiger partial charge in [0.1, 0.15) is 5.82 Å². The van der Waals surface area contributed by atoms with Crippen molar-refractivity contribution in [3.05, 3.63) is 29.6 Å². The van der Waals surface area contributed by atoms with Crippen LogP contribution in [0.2, 0.25) is 0 Å². The number of hydrogen-bond donors (Lipinski definition) is 1. The Labute approximate surface area is 107 Å². The summed E-state index contributed by atoms with van der Waals surface area (Å²) in [5, 5.41) is 0. The van der Waals surface area contributed by atoms with E-state index >= 15 is 0 Å². The summed E-state index contributed by atoms with van der Waals surface area (Å²) < 4.78 is 2.25. The van der Waals surface area contributed by atoms with Gasteiger partial charge in [-0.25, -0.2) is 4.98 Å². The number of benzene rings is 1. The van der Waals surface area contributed by atoms with Crippen LogP contribution in [0, 0.1) is 0 Å². The van der Waals surface area contributed by atoms with Crippen LogP contribution in [0.25, 0.3) is 11.0 Å². The molecule has 2 N–H and O–H groups in total. The first-order chi connectivity index (χ1) is 8.67. The molecule has 18 heavy (non-hydrogen) atoms. The van der Waals surface area contributed by atoms with Crippen LogP contribution in [0.15, 0.2) is 18.2 Å². The quantitative estimate of drug-likeness (QED) is 0.878. The molecule has 0 bridgehead atoms. The molecule has 2 aliphatic carbocycles. The highest BCUT2D eigenvalue weighted by molar-refractivity contribution is 5.77. The fraction of sp³-hybridized carbons (Fsp3) is 0.533. The Morgan fingerprint density at radius 2 is 2.11 bits per heavy atom. The van der Waals surface area contributed by atoms with E-state index in [4.69, 9.17) is 10.7 Å². The zero-order valence-electron chi connectivity index (χ0n) is 10.8. The Morgan fingerprint density at radius 1 is 1.33 bits per heavy atom. The van der Waals surface area contributed by atoms with Gasteiger partial charge in [-0.1, -0.05) is 6.07 Å². The van der Waals surface area contributed by atoms with E-state index < -0.39 is 0 Å². The topological polar surface area (TPSA) is 43.8 Å². The SMILES string of the molecule is Cn1c(C2CC2)nc2cc(C3(N)CCC3)ccc21. The Bertz CT molecular complexity index is 618. The van der Waals surface area contributed by atoms with Crippen molar-refractivity contribution in [1.29, 1.82) is 0 Å². The maximum atomic E-state index is 6.40. The Morgan fingerprint density at radius 3 is 2.72 bits per heavy atom. The minimum Gasteiger partial charge on any atom is -0.331 e. The molecule has 2 aliphatic rings. The van der Waals surface area contributed by atoms with Crippen LogP contribution in [0.3, 0.4) is 0 Å². The zero-order chi connectivity index (χ0) is 12.3. The van der Waals surface area contributed by atoms with Crippen LogP contribution in [0.1, 0.15) is 49.4 Å². The van der Waals surface area contributed by atoms with Gasteiger partial charge in [0, 0.05) is 18.5 Å². The lowest BCUT2D eigenvalue weighted by Crippen LogP contribution is -2.43. The molecule has 0 saturated heterocycles. The second-order valence-electron chi connectivity index (χ2n) is 6.02. The normalized spacial score (nSPS) is 22.1. The van der Waals surface area contributed by atoms with Gasteiger partial charge >= 0.3 is 0 Å². The van der Waals surface area contributed by atoms with Crippen LogP contribution in [-0.2, 0) is 12.6 Å². The van der Waals surface area contributed by atoms with E-state index in [9.17, 15) is 0 Å². The number of aryl methyl sites for hydroxylation is 1. The van der Waals surface area contributed by atoms with Crippen molar-refractivity contribution in [3.8, 4) is 0 Å². The van der Waals surface area contributed by atoms with E-state index in [1.54, 1.807) is 0 Å². The van der Waals surface area contributed by atoms with E-state index in [2.05, 4.69) is 29.8 Å². The maximum absolute atomic E-state index is 6.40. The molecule has 2 fully saturated rings. The molecule has 0 aliphatic heterocycles. The highest BCUT2D eigenvalue weighted by Crippen LogP contribution is 2.42. The zero-order valence-corrected chi connectivity index (χ0v) is 10.8. The minimum absolute atomic E-state index is 0.0779. The number of nitrogens with zero attached hydrogens (tertiary/aromatic N) is 2. The second kappa shape index (κ2) is 3.35. The van der Waals surface area contributed by atoms with E-state index in [1.165, 1.54) is 36.2 Å². The third-order valence-electron chi connectivity index (χ3n) is 4.68. The van der Waals surface area contributed by atoms with Crippen LogP contribution in [0.4, 0.5) is 0 Å². The largest absolute Gasteiger partial charge is 0.331 e. The molecular formula is C15H19N3. The van der Waals surface area contributed by atoms with E-state index in [0.29, 0.717) is 5.92 Å². The lowest BCUT2D eigenvalue weighted by atomic mass is 9.73. The number of nitrogens with two attached hydrogens (primary N) is 1. The van der Waals surface area contributed by atoms with Gasteiger partial charge < -0.3 is 10.3 Å². The molecule has 94 valence electrons. The molecule has 2 saturated carbocycles. The van der Waals surface area contributed by atoms with Gasteiger partial charge in [-0.15, -0.1) is 0 Å². The number of hydrogen-bond acceptors (Lipinski definition) is 2. The Hall–Kier alpha value is -1.35. The second-order valence-corrected chi connectivity index (χ2v) is 6.02. The highest BCUT2D eigenvalue weighted by atomic mass is 15.1. The van der Waals surface area contributed by atoms with Crippen molar-refractivity contribution in [2.45, 2.75) is 43.6 Å². The summed E-state index contributed by atoms with van der Waals surface area (Å²) in [5.74, 6) is 1.95. The van der Waals surface area contributed by atoms with E-state index in [1.807, 2.05) is 0 Å². The summed E-state index contributed by atoms with van der Waals surface area (Å²) >= 11 is 0. The highest BCUT2D eigenvalue weighted by Gasteiger charge is 2.35. The third-order valence-corrected chi connectivity index (χ3v) is 4.68. The van der Waals surface area contributed by atoms with Crippen LogP contribution >= 0.6 is 0 Å². The first kappa shape index (κ1) is 10.6. The van der Waals surface area contributed by atoms with E-state index in [-0.39, 0.29) is 5.54 Å². The fourth-order valence-electron chi connectivity index (χ4n) is 3.08. The average Bonchev–Trinajstić information content (AvgIpc) is 3.12. The van der Waals surface area contributed by atoms with Crippen LogP contribution < -0.4 is 5.73 Å². The molecule has 0 spiro atoms. The summed E-state index contributed by atoms with van der Waals surface area (Å²) in [5.41, 5.74) is 9.94. The van der Waals surface area contributed by atoms with Crippen LogP contribution in [0.5, 0.6) is 0 Å². The molecule has 1 heterocycles. The standard InChI is InChI=1S/C15H19N3/c1-18-13-6-5-11(15(16)7-2-8-15)9-12(13)17-14(18)10-3-4-10/h5-6,9-10H,2-4,7-8,16H2,1H3. The van der Waals surface area contributed by atoms with Gasteiger partial charge in [0.15, 0.2) is 0 Å². The lowest BCUT2D eigenvalue weighted by Gasteiger charge is -2.38. The molecule has 4 rings (SSSR count). The third kappa shape index (κ3) is 1.37. The van der Waals surface area contributed by atoms with Crippen LogP contribution in [-0.4, -0.2) is 9.55 Å². The smallest absolute Gasteiger partial charge is 0.112 e. The van der Waals surface area contributed by atoms with Gasteiger partial charge in [0.2, 0.25) is 0 Å². The first-order valence-electron chi connectivity index (χ1n) is 6.93. The minimum atomic E-state index is -0.0779. The summed E-state index contributed by atoms with van der Waals surface area (Å²) in [6, 6.07) is 6.59. The summed E-state index contributed by atoms with van der Waals surface area (Å²) in [6.45, 7) is 0. The summed E-state index contributed by atoms with van der Waals surface area (Å²) in [6.07, 6.45) is 6.07. The molecule has 0 unspecified atom stereocenters. The Kier molecular flexibility index (Phi) is 1.97. The van der Waals surface area contributed by atoms with Crippen molar-refractivity contribution in [3.63, 3.8) is 0 Å². The molecule has 1 aromatic carbocycles. The van der Waals surface area contributed by atoms with Crippen molar-refractivity contribution in [2.24, 2.45) is 12.8 Å². The van der Waals surface area contributed by atoms with Crippen molar-refractivity contribution in [1.82, 2.24) is 9.55 Å². The number of rotatable bonds is 2. The summed E-state index contributed by atoms with van der Waals surface area (Å²) in [4.78, 5) is 4.81. The monoisotopic (exact) mass is 241 g/mol. The van der Waals surface area contributed by atoms with Gasteiger partial charge in [-0.05, 0) is 49.8 Å². The van der Waals surface area contributed by atoms with Gasteiger partial charge in [0.25, 0.3) is 0 Å². The molecule has 3 nitrogen and oxygen atoms in total. The predicted octanol–water partition coefficient (Wildman–Crippen LogP) is 2.79. The molecule has 0 atom stereocenters. The summed E-state index contributed by atoms with van der Waals surface area (Å²) in [7, 11) is 2.13. The van der Waals surface area contributed by atoms with Gasteiger partial charge in [-0.3, -0.25) is 0 Å². The van der Waals surface area contributed by atoms with Gasteiger partial charge in [-0.2, -0.15) is 0 Å². The molecule has 0 radical (unpaired) electrons. The van der Waals surface area contributed by atoms with E-state index in [0.717, 1.165) is 18.4 Å². The molecular weight excluding hydrogens is 222 g/mol. The van der Waals surface area contributed by atoms with Gasteiger partial charge in [0.05, 0.1) is 11.0 Å². The van der Waals surface area contributed by atoms with Crippen molar-refractivity contribution in [2.75, 3.05) is 0 Å².